The standard InChI is InChI=1S/C20H27NO2/c1-14-18(22-5)11-17(12-19(14)23-6)21-13-15-7-9-16(10-8-15)20(2,3)4/h7-12,21H,13H2,1-6H3. The second-order valence-corrected chi connectivity index (χ2v) is 6.81. The zero-order valence-corrected chi connectivity index (χ0v) is 15.0. The molecule has 0 bridgehead atoms. The second kappa shape index (κ2) is 6.95. The average Bonchev–Trinajstić information content (AvgIpc) is 2.53. The van der Waals surface area contributed by atoms with Crippen molar-refractivity contribution in [3.63, 3.8) is 0 Å². The molecule has 0 aromatic heterocycles. The van der Waals surface area contributed by atoms with E-state index in [1.54, 1.807) is 14.2 Å². The highest BCUT2D eigenvalue weighted by Gasteiger charge is 2.13. The van der Waals surface area contributed by atoms with E-state index in [0.717, 1.165) is 29.3 Å². The first-order valence-electron chi connectivity index (χ1n) is 7.91. The van der Waals surface area contributed by atoms with Crippen molar-refractivity contribution in [2.75, 3.05) is 19.5 Å². The van der Waals surface area contributed by atoms with Gasteiger partial charge < -0.3 is 14.8 Å². The Morgan fingerprint density at radius 1 is 0.913 bits per heavy atom. The molecular weight excluding hydrogens is 286 g/mol. The Labute approximate surface area is 139 Å². The van der Waals surface area contributed by atoms with Crippen LogP contribution in [0.5, 0.6) is 11.5 Å². The van der Waals surface area contributed by atoms with E-state index in [9.17, 15) is 0 Å². The van der Waals surface area contributed by atoms with Crippen LogP contribution in [-0.2, 0) is 12.0 Å². The highest BCUT2D eigenvalue weighted by molar-refractivity contribution is 5.58. The summed E-state index contributed by atoms with van der Waals surface area (Å²) < 4.78 is 10.8. The van der Waals surface area contributed by atoms with Gasteiger partial charge in [0.25, 0.3) is 0 Å². The number of rotatable bonds is 5. The Bertz CT molecular complexity index is 629. The monoisotopic (exact) mass is 313 g/mol. The lowest BCUT2D eigenvalue weighted by Gasteiger charge is -2.19. The van der Waals surface area contributed by atoms with Gasteiger partial charge in [-0.15, -0.1) is 0 Å². The maximum atomic E-state index is 5.41. The lowest BCUT2D eigenvalue weighted by atomic mass is 9.87. The van der Waals surface area contributed by atoms with Gasteiger partial charge in [-0.1, -0.05) is 45.0 Å². The molecule has 0 saturated heterocycles. The molecular formula is C20H27NO2. The Morgan fingerprint density at radius 3 is 1.87 bits per heavy atom. The minimum absolute atomic E-state index is 0.184. The van der Waals surface area contributed by atoms with Crippen LogP contribution in [0.15, 0.2) is 36.4 Å². The molecule has 3 nitrogen and oxygen atoms in total. The molecule has 124 valence electrons. The van der Waals surface area contributed by atoms with Crippen LogP contribution in [0.25, 0.3) is 0 Å². The molecule has 2 aromatic rings. The maximum Gasteiger partial charge on any atom is 0.127 e. The molecule has 2 aromatic carbocycles. The number of methoxy groups -OCH3 is 2. The smallest absolute Gasteiger partial charge is 0.127 e. The Hall–Kier alpha value is -2.16. The summed E-state index contributed by atoms with van der Waals surface area (Å²) in [4.78, 5) is 0. The number of nitrogens with one attached hydrogen (secondary N) is 1. The third kappa shape index (κ3) is 4.19. The fourth-order valence-electron chi connectivity index (χ4n) is 2.51. The van der Waals surface area contributed by atoms with Gasteiger partial charge in [-0.2, -0.15) is 0 Å². The summed E-state index contributed by atoms with van der Waals surface area (Å²) in [5, 5.41) is 3.44. The molecule has 0 saturated carbocycles. The van der Waals surface area contributed by atoms with Crippen molar-refractivity contribution in [2.45, 2.75) is 39.7 Å². The molecule has 0 aliphatic heterocycles. The van der Waals surface area contributed by atoms with Crippen molar-refractivity contribution >= 4 is 5.69 Å². The fraction of sp³-hybridized carbons (Fsp3) is 0.400. The van der Waals surface area contributed by atoms with Crippen LogP contribution < -0.4 is 14.8 Å². The zero-order chi connectivity index (χ0) is 17.0. The van der Waals surface area contributed by atoms with Gasteiger partial charge in [-0.25, -0.2) is 0 Å². The number of hydrogen-bond acceptors (Lipinski definition) is 3. The lowest BCUT2D eigenvalue weighted by molar-refractivity contribution is 0.389. The normalized spacial score (nSPS) is 11.2. The summed E-state index contributed by atoms with van der Waals surface area (Å²) in [6.45, 7) is 9.44. The predicted octanol–water partition coefficient (Wildman–Crippen LogP) is 4.92. The highest BCUT2D eigenvalue weighted by atomic mass is 16.5. The Balaban J connectivity index is 2.12. The fourth-order valence-corrected chi connectivity index (χ4v) is 2.51. The van der Waals surface area contributed by atoms with Crippen LogP contribution in [-0.4, -0.2) is 14.2 Å². The van der Waals surface area contributed by atoms with Crippen LogP contribution in [0.2, 0.25) is 0 Å². The minimum Gasteiger partial charge on any atom is -0.496 e. The van der Waals surface area contributed by atoms with E-state index in [0.29, 0.717) is 0 Å². The summed E-state index contributed by atoms with van der Waals surface area (Å²) in [6, 6.07) is 12.8. The maximum absolute atomic E-state index is 5.41. The third-order valence-electron chi connectivity index (χ3n) is 4.07. The molecule has 0 amide bonds. The summed E-state index contributed by atoms with van der Waals surface area (Å²) in [5.74, 6) is 1.66. The van der Waals surface area contributed by atoms with Crippen molar-refractivity contribution in [2.24, 2.45) is 0 Å². The molecule has 0 aliphatic rings. The summed E-state index contributed by atoms with van der Waals surface area (Å²) in [5.41, 5.74) is 4.78. The molecule has 0 unspecified atom stereocenters. The summed E-state index contributed by atoms with van der Waals surface area (Å²) in [6.07, 6.45) is 0. The van der Waals surface area contributed by atoms with Gasteiger partial charge in [0.05, 0.1) is 14.2 Å². The molecule has 0 aliphatic carbocycles. The lowest BCUT2D eigenvalue weighted by Crippen LogP contribution is -2.11. The molecule has 0 heterocycles. The van der Waals surface area contributed by atoms with Gasteiger partial charge in [0, 0.05) is 29.9 Å². The summed E-state index contributed by atoms with van der Waals surface area (Å²) in [7, 11) is 3.35. The molecule has 2 rings (SSSR count). The second-order valence-electron chi connectivity index (χ2n) is 6.81. The van der Waals surface area contributed by atoms with Crippen LogP contribution >= 0.6 is 0 Å². The number of benzene rings is 2. The van der Waals surface area contributed by atoms with E-state index in [2.05, 4.69) is 50.4 Å². The number of hydrogen-bond donors (Lipinski definition) is 1. The van der Waals surface area contributed by atoms with Gasteiger partial charge in [-0.05, 0) is 23.5 Å². The SMILES string of the molecule is COc1cc(NCc2ccc(C(C)(C)C)cc2)cc(OC)c1C. The van der Waals surface area contributed by atoms with Crippen molar-refractivity contribution in [3.8, 4) is 11.5 Å². The molecule has 0 atom stereocenters. The molecule has 0 spiro atoms. The van der Waals surface area contributed by atoms with Gasteiger partial charge >= 0.3 is 0 Å². The molecule has 23 heavy (non-hydrogen) atoms. The van der Waals surface area contributed by atoms with E-state index < -0.39 is 0 Å². The quantitative estimate of drug-likeness (QED) is 0.849. The van der Waals surface area contributed by atoms with Crippen molar-refractivity contribution in [1.82, 2.24) is 0 Å². The minimum atomic E-state index is 0.184. The van der Waals surface area contributed by atoms with Gasteiger partial charge in [0.2, 0.25) is 0 Å². The number of ether oxygens (including phenoxy) is 2. The summed E-state index contributed by atoms with van der Waals surface area (Å²) >= 11 is 0. The highest BCUT2D eigenvalue weighted by Crippen LogP contribution is 2.32. The molecule has 0 fully saturated rings. The van der Waals surface area contributed by atoms with Crippen molar-refractivity contribution in [3.05, 3.63) is 53.1 Å². The predicted molar refractivity (Wildman–Crippen MR) is 96.8 cm³/mol. The van der Waals surface area contributed by atoms with Crippen LogP contribution in [0.4, 0.5) is 5.69 Å². The Kier molecular flexibility index (Phi) is 5.19. The zero-order valence-electron chi connectivity index (χ0n) is 15.0. The van der Waals surface area contributed by atoms with Gasteiger partial charge in [0.1, 0.15) is 11.5 Å². The average molecular weight is 313 g/mol. The van der Waals surface area contributed by atoms with Crippen molar-refractivity contribution < 1.29 is 9.47 Å². The third-order valence-corrected chi connectivity index (χ3v) is 4.07. The van der Waals surface area contributed by atoms with E-state index in [1.807, 2.05) is 19.1 Å². The first-order valence-corrected chi connectivity index (χ1v) is 7.91. The van der Waals surface area contributed by atoms with Crippen LogP contribution in [0.1, 0.15) is 37.5 Å². The van der Waals surface area contributed by atoms with E-state index in [-0.39, 0.29) is 5.41 Å². The number of anilines is 1. The Morgan fingerprint density at radius 2 is 1.43 bits per heavy atom. The van der Waals surface area contributed by atoms with E-state index >= 15 is 0 Å². The van der Waals surface area contributed by atoms with Gasteiger partial charge in [-0.3, -0.25) is 0 Å². The largest absolute Gasteiger partial charge is 0.496 e. The van der Waals surface area contributed by atoms with E-state index in [4.69, 9.17) is 9.47 Å². The molecule has 1 N–H and O–H groups in total. The first kappa shape index (κ1) is 17.2. The molecule has 0 radical (unpaired) electrons. The van der Waals surface area contributed by atoms with E-state index in [1.165, 1.54) is 11.1 Å². The topological polar surface area (TPSA) is 30.5 Å². The molecule has 3 heteroatoms. The van der Waals surface area contributed by atoms with Crippen molar-refractivity contribution in [1.29, 1.82) is 0 Å². The first-order chi connectivity index (χ1) is 10.8. The van der Waals surface area contributed by atoms with Crippen LogP contribution in [0, 0.1) is 6.92 Å². The van der Waals surface area contributed by atoms with Crippen LogP contribution in [0.3, 0.4) is 0 Å². The van der Waals surface area contributed by atoms with Gasteiger partial charge in [0.15, 0.2) is 0 Å².